The Morgan fingerprint density at radius 3 is 2.85 bits per heavy atom. The third kappa shape index (κ3) is 5.39. The molecule has 7 heteroatoms. The highest BCUT2D eigenvalue weighted by Crippen LogP contribution is 2.27. The number of hydrogen-bond acceptors (Lipinski definition) is 4. The summed E-state index contributed by atoms with van der Waals surface area (Å²) in [5.74, 6) is 0.0611. The van der Waals surface area contributed by atoms with Crippen molar-refractivity contribution in [3.05, 3.63) is 53.2 Å². The fraction of sp³-hybridized carbons (Fsp3) is 0.421. The number of aryl methyl sites for hydroxylation is 1. The maximum atomic E-state index is 13.1. The number of hydrogen-bond donors (Lipinski definition) is 1. The van der Waals surface area contributed by atoms with Gasteiger partial charge in [-0.3, -0.25) is 9.78 Å². The van der Waals surface area contributed by atoms with Crippen LogP contribution in [0.15, 0.2) is 36.8 Å². The average Bonchev–Trinajstić information content (AvgIpc) is 2.64. The van der Waals surface area contributed by atoms with Crippen LogP contribution in [0.2, 0.25) is 5.02 Å². The Morgan fingerprint density at radius 1 is 1.31 bits per heavy atom. The second-order valence-corrected chi connectivity index (χ2v) is 6.87. The Kier molecular flexibility index (Phi) is 6.39. The molecule has 2 aromatic rings. The molecule has 0 aliphatic heterocycles. The standard InChI is InChI=1S/C19H21ClFN3O2/c20-17-2-1-9-23-19(17)26-16-6-4-15(5-7-16)24-18(25)8-3-13-10-14(21)12-22-11-13/h1-2,9-12,15-16H,3-8H2,(H,24,25). The van der Waals surface area contributed by atoms with Crippen LogP contribution in [0, 0.1) is 5.82 Å². The largest absolute Gasteiger partial charge is 0.473 e. The van der Waals surface area contributed by atoms with E-state index in [9.17, 15) is 9.18 Å². The van der Waals surface area contributed by atoms with Crippen LogP contribution in [-0.2, 0) is 11.2 Å². The molecule has 5 nitrogen and oxygen atoms in total. The molecule has 1 fully saturated rings. The van der Waals surface area contributed by atoms with E-state index in [0.717, 1.165) is 37.4 Å². The summed E-state index contributed by atoms with van der Waals surface area (Å²) < 4.78 is 19.0. The SMILES string of the molecule is O=C(CCc1cncc(F)c1)NC1CCC(Oc2ncccc2Cl)CC1. The van der Waals surface area contributed by atoms with Gasteiger partial charge in [0.05, 0.1) is 6.20 Å². The van der Waals surface area contributed by atoms with Gasteiger partial charge in [-0.25, -0.2) is 9.37 Å². The van der Waals surface area contributed by atoms with Crippen molar-refractivity contribution in [1.29, 1.82) is 0 Å². The van der Waals surface area contributed by atoms with E-state index in [1.807, 2.05) is 0 Å². The molecule has 1 saturated carbocycles. The minimum Gasteiger partial charge on any atom is -0.473 e. The monoisotopic (exact) mass is 377 g/mol. The van der Waals surface area contributed by atoms with Crippen molar-refractivity contribution in [1.82, 2.24) is 15.3 Å². The van der Waals surface area contributed by atoms with Crippen LogP contribution in [-0.4, -0.2) is 28.0 Å². The lowest BCUT2D eigenvalue weighted by Crippen LogP contribution is -2.39. The molecule has 3 rings (SSSR count). The van der Waals surface area contributed by atoms with E-state index in [2.05, 4.69) is 15.3 Å². The number of halogens is 2. The van der Waals surface area contributed by atoms with E-state index in [-0.39, 0.29) is 23.9 Å². The Morgan fingerprint density at radius 2 is 2.12 bits per heavy atom. The van der Waals surface area contributed by atoms with Crippen LogP contribution in [0.25, 0.3) is 0 Å². The van der Waals surface area contributed by atoms with Crippen LogP contribution < -0.4 is 10.1 Å². The van der Waals surface area contributed by atoms with Crippen molar-refractivity contribution >= 4 is 17.5 Å². The van der Waals surface area contributed by atoms with Crippen molar-refractivity contribution in [2.75, 3.05) is 0 Å². The van der Waals surface area contributed by atoms with Gasteiger partial charge in [-0.2, -0.15) is 0 Å². The van der Waals surface area contributed by atoms with Crippen molar-refractivity contribution in [2.24, 2.45) is 0 Å². The minimum atomic E-state index is -0.380. The molecule has 1 aliphatic carbocycles. The van der Waals surface area contributed by atoms with E-state index < -0.39 is 0 Å². The third-order valence-electron chi connectivity index (χ3n) is 4.44. The summed E-state index contributed by atoms with van der Waals surface area (Å²) in [5.41, 5.74) is 0.726. The molecule has 138 valence electrons. The van der Waals surface area contributed by atoms with Gasteiger partial charge < -0.3 is 10.1 Å². The second kappa shape index (κ2) is 8.94. The van der Waals surface area contributed by atoms with Crippen LogP contribution in [0.5, 0.6) is 5.88 Å². The van der Waals surface area contributed by atoms with Gasteiger partial charge in [0.2, 0.25) is 11.8 Å². The van der Waals surface area contributed by atoms with Crippen LogP contribution in [0.3, 0.4) is 0 Å². The van der Waals surface area contributed by atoms with Crippen molar-refractivity contribution < 1.29 is 13.9 Å². The van der Waals surface area contributed by atoms with Crippen molar-refractivity contribution in [3.8, 4) is 5.88 Å². The van der Waals surface area contributed by atoms with E-state index in [1.165, 1.54) is 6.07 Å². The topological polar surface area (TPSA) is 64.1 Å². The quantitative estimate of drug-likeness (QED) is 0.833. The molecule has 2 heterocycles. The predicted octanol–water partition coefficient (Wildman–Crippen LogP) is 3.71. The first-order valence-corrected chi connectivity index (χ1v) is 9.14. The molecule has 0 bridgehead atoms. The molecule has 1 aliphatic rings. The molecule has 0 aromatic carbocycles. The molecule has 0 saturated heterocycles. The summed E-state index contributed by atoms with van der Waals surface area (Å²) in [6, 6.07) is 5.07. The van der Waals surface area contributed by atoms with Crippen LogP contribution in [0.4, 0.5) is 4.39 Å². The van der Waals surface area contributed by atoms with E-state index in [4.69, 9.17) is 16.3 Å². The summed E-state index contributed by atoms with van der Waals surface area (Å²) in [5, 5.41) is 3.56. The molecular weight excluding hydrogens is 357 g/mol. The van der Waals surface area contributed by atoms with Gasteiger partial charge in [0, 0.05) is 24.9 Å². The van der Waals surface area contributed by atoms with Crippen molar-refractivity contribution in [2.45, 2.75) is 50.7 Å². The smallest absolute Gasteiger partial charge is 0.232 e. The molecule has 26 heavy (non-hydrogen) atoms. The Balaban J connectivity index is 1.39. The summed E-state index contributed by atoms with van der Waals surface area (Å²) in [7, 11) is 0. The minimum absolute atomic E-state index is 0.0219. The fourth-order valence-corrected chi connectivity index (χ4v) is 3.26. The number of carbonyl (C=O) groups excluding carboxylic acids is 1. The number of carbonyl (C=O) groups is 1. The number of aromatic nitrogens is 2. The lowest BCUT2D eigenvalue weighted by atomic mass is 9.92. The third-order valence-corrected chi connectivity index (χ3v) is 4.73. The summed E-state index contributed by atoms with van der Waals surface area (Å²) in [6.07, 6.45) is 8.64. The van der Waals surface area contributed by atoms with E-state index in [1.54, 1.807) is 24.5 Å². The molecule has 2 aromatic heterocycles. The Hall–Kier alpha value is -2.21. The molecule has 1 N–H and O–H groups in total. The highest BCUT2D eigenvalue weighted by molar-refractivity contribution is 6.31. The van der Waals surface area contributed by atoms with Crippen molar-refractivity contribution in [3.63, 3.8) is 0 Å². The molecule has 0 spiro atoms. The molecule has 0 radical (unpaired) electrons. The first-order chi connectivity index (χ1) is 12.6. The highest BCUT2D eigenvalue weighted by atomic mass is 35.5. The summed E-state index contributed by atoms with van der Waals surface area (Å²) in [4.78, 5) is 20.0. The van der Waals surface area contributed by atoms with Gasteiger partial charge in [0.1, 0.15) is 16.9 Å². The number of amides is 1. The number of pyridine rings is 2. The normalized spacial score (nSPS) is 19.8. The highest BCUT2D eigenvalue weighted by Gasteiger charge is 2.24. The number of nitrogens with one attached hydrogen (secondary N) is 1. The maximum Gasteiger partial charge on any atom is 0.232 e. The summed E-state index contributed by atoms with van der Waals surface area (Å²) >= 11 is 6.06. The molecule has 1 amide bonds. The zero-order valence-corrected chi connectivity index (χ0v) is 15.1. The van der Waals surface area contributed by atoms with E-state index >= 15 is 0 Å². The van der Waals surface area contributed by atoms with Gasteiger partial charge in [-0.1, -0.05) is 11.6 Å². The predicted molar refractivity (Wildman–Crippen MR) is 96.6 cm³/mol. The molecular formula is C19H21ClFN3O2. The van der Waals surface area contributed by atoms with E-state index in [0.29, 0.717) is 23.7 Å². The fourth-order valence-electron chi connectivity index (χ4n) is 3.09. The van der Waals surface area contributed by atoms with Crippen LogP contribution in [0.1, 0.15) is 37.7 Å². The first kappa shape index (κ1) is 18.6. The first-order valence-electron chi connectivity index (χ1n) is 8.76. The number of rotatable bonds is 6. The van der Waals surface area contributed by atoms with Crippen LogP contribution >= 0.6 is 11.6 Å². The average molecular weight is 378 g/mol. The van der Waals surface area contributed by atoms with Gasteiger partial charge in [0.15, 0.2) is 0 Å². The number of nitrogens with zero attached hydrogens (tertiary/aromatic N) is 2. The van der Waals surface area contributed by atoms with Gasteiger partial charge in [0.25, 0.3) is 0 Å². The lowest BCUT2D eigenvalue weighted by Gasteiger charge is -2.29. The van der Waals surface area contributed by atoms with Gasteiger partial charge in [-0.05, 0) is 55.9 Å². The molecule has 0 unspecified atom stereocenters. The zero-order valence-electron chi connectivity index (χ0n) is 14.3. The zero-order chi connectivity index (χ0) is 18.4. The molecule has 0 atom stereocenters. The van der Waals surface area contributed by atoms with Gasteiger partial charge >= 0.3 is 0 Å². The Labute approximate surface area is 157 Å². The lowest BCUT2D eigenvalue weighted by molar-refractivity contribution is -0.122. The maximum absolute atomic E-state index is 13.1. The number of ether oxygens (including phenoxy) is 1. The van der Waals surface area contributed by atoms with Gasteiger partial charge in [-0.15, -0.1) is 0 Å². The second-order valence-electron chi connectivity index (χ2n) is 6.46. The summed E-state index contributed by atoms with van der Waals surface area (Å²) in [6.45, 7) is 0. The Bertz CT molecular complexity index is 751.